The molecule has 1 aromatic rings. The molecule has 1 atom stereocenters. The highest BCUT2D eigenvalue weighted by Gasteiger charge is 2.31. The minimum Gasteiger partial charge on any atom is -0.283 e. The molecule has 2 nitrogen and oxygen atoms in total. The van der Waals surface area contributed by atoms with Crippen molar-refractivity contribution >= 4 is 0 Å². The van der Waals surface area contributed by atoms with E-state index in [0.717, 1.165) is 6.54 Å². The third kappa shape index (κ3) is 1.10. The van der Waals surface area contributed by atoms with Gasteiger partial charge < -0.3 is 0 Å². The zero-order valence-corrected chi connectivity index (χ0v) is 7.61. The maximum absolute atomic E-state index is 4.65. The average Bonchev–Trinajstić information content (AvgIpc) is 2.47. The van der Waals surface area contributed by atoms with Crippen LogP contribution in [0.5, 0.6) is 0 Å². The molecule has 0 N–H and O–H groups in total. The van der Waals surface area contributed by atoms with Gasteiger partial charge in [-0.3, -0.25) is 4.90 Å². The predicted octanol–water partition coefficient (Wildman–Crippen LogP) is 1.51. The Hall–Kier alpha value is -0.860. The molecule has 2 aliphatic rings. The number of hydrogen-bond donors (Lipinski definition) is 0. The second kappa shape index (κ2) is 2.82. The van der Waals surface area contributed by atoms with Gasteiger partial charge in [-0.25, -0.2) is 5.32 Å². The maximum Gasteiger partial charge on any atom is 0.103 e. The lowest BCUT2D eigenvalue weighted by Gasteiger charge is -2.36. The second-order valence-corrected chi connectivity index (χ2v) is 3.80. The Balaban J connectivity index is 1.93. The molecule has 1 fully saturated rings. The third-order valence-electron chi connectivity index (χ3n) is 3.00. The summed E-state index contributed by atoms with van der Waals surface area (Å²) < 4.78 is 0. The van der Waals surface area contributed by atoms with E-state index in [4.69, 9.17) is 0 Å². The molecule has 2 heterocycles. The molecule has 1 radical (unpaired) electrons. The Labute approximate surface area is 78.6 Å². The van der Waals surface area contributed by atoms with Crippen molar-refractivity contribution in [1.82, 2.24) is 10.2 Å². The average molecular weight is 173 g/mol. The van der Waals surface area contributed by atoms with Crippen molar-refractivity contribution in [2.75, 3.05) is 13.1 Å². The molecule has 0 amide bonds. The van der Waals surface area contributed by atoms with Gasteiger partial charge >= 0.3 is 0 Å². The number of nitrogens with zero attached hydrogens (tertiary/aromatic N) is 2. The Morgan fingerprint density at radius 3 is 2.85 bits per heavy atom. The predicted molar refractivity (Wildman–Crippen MR) is 51.2 cm³/mol. The highest BCUT2D eigenvalue weighted by Crippen LogP contribution is 2.31. The molecule has 0 spiro atoms. The van der Waals surface area contributed by atoms with Gasteiger partial charge in [-0.2, -0.15) is 0 Å². The minimum atomic E-state index is 0.380. The lowest BCUT2D eigenvalue weighted by Crippen LogP contribution is -2.42. The highest BCUT2D eigenvalue weighted by molar-refractivity contribution is 5.33. The molecule has 0 saturated carbocycles. The summed E-state index contributed by atoms with van der Waals surface area (Å²) in [5.41, 5.74) is 2.85. The third-order valence-corrected chi connectivity index (χ3v) is 3.00. The molecule has 0 aliphatic carbocycles. The number of fused-ring (bicyclic) bond motifs is 1. The molecule has 1 aromatic carbocycles. The van der Waals surface area contributed by atoms with Crippen LogP contribution in [-0.2, 0) is 6.54 Å². The van der Waals surface area contributed by atoms with Crippen LogP contribution in [0.4, 0.5) is 0 Å². The van der Waals surface area contributed by atoms with Crippen LogP contribution in [-0.4, -0.2) is 18.0 Å². The highest BCUT2D eigenvalue weighted by atomic mass is 15.3. The van der Waals surface area contributed by atoms with Crippen molar-refractivity contribution in [3.05, 3.63) is 35.4 Å². The lowest BCUT2D eigenvalue weighted by atomic mass is 10.1. The summed E-state index contributed by atoms with van der Waals surface area (Å²) in [4.78, 5) is 2.45. The van der Waals surface area contributed by atoms with Crippen LogP contribution in [0.2, 0.25) is 0 Å². The van der Waals surface area contributed by atoms with Gasteiger partial charge in [0.2, 0.25) is 0 Å². The zero-order valence-electron chi connectivity index (χ0n) is 7.61. The smallest absolute Gasteiger partial charge is 0.103 e. The van der Waals surface area contributed by atoms with Crippen LogP contribution in [0.3, 0.4) is 0 Å². The topological polar surface area (TPSA) is 17.3 Å². The van der Waals surface area contributed by atoms with E-state index in [1.54, 1.807) is 0 Å². The Kier molecular flexibility index (Phi) is 1.64. The molecule has 2 aliphatic heterocycles. The van der Waals surface area contributed by atoms with Gasteiger partial charge in [0, 0.05) is 19.6 Å². The largest absolute Gasteiger partial charge is 0.283 e. The van der Waals surface area contributed by atoms with E-state index in [0.29, 0.717) is 6.17 Å². The molecule has 67 valence electrons. The molecule has 3 rings (SSSR count). The fraction of sp³-hybridized carbons (Fsp3) is 0.455. The van der Waals surface area contributed by atoms with Crippen molar-refractivity contribution in [2.24, 2.45) is 0 Å². The molecule has 2 heteroatoms. The van der Waals surface area contributed by atoms with Gasteiger partial charge in [-0.05, 0) is 17.5 Å². The molecule has 1 saturated heterocycles. The van der Waals surface area contributed by atoms with Crippen molar-refractivity contribution in [1.29, 1.82) is 0 Å². The van der Waals surface area contributed by atoms with E-state index in [1.165, 1.54) is 30.6 Å². The summed E-state index contributed by atoms with van der Waals surface area (Å²) in [6.07, 6.45) is 1.72. The lowest BCUT2D eigenvalue weighted by molar-refractivity contribution is 0.0992. The first-order valence-electron chi connectivity index (χ1n) is 4.93. The fourth-order valence-corrected chi connectivity index (χ4v) is 2.11. The summed E-state index contributed by atoms with van der Waals surface area (Å²) in [6, 6.07) is 8.63. The van der Waals surface area contributed by atoms with Crippen molar-refractivity contribution in [3.8, 4) is 0 Å². The molecule has 1 unspecified atom stereocenters. The Bertz CT molecular complexity index is 318. The van der Waals surface area contributed by atoms with Crippen LogP contribution < -0.4 is 5.32 Å². The summed E-state index contributed by atoms with van der Waals surface area (Å²) in [7, 11) is 0. The van der Waals surface area contributed by atoms with Gasteiger partial charge in [-0.15, -0.1) is 0 Å². The van der Waals surface area contributed by atoms with Gasteiger partial charge in [0.05, 0.1) is 0 Å². The van der Waals surface area contributed by atoms with Gasteiger partial charge in [0.25, 0.3) is 0 Å². The van der Waals surface area contributed by atoms with Crippen LogP contribution in [0.15, 0.2) is 24.3 Å². The van der Waals surface area contributed by atoms with Crippen LogP contribution in [0.25, 0.3) is 0 Å². The molecule has 0 bridgehead atoms. The number of benzene rings is 1. The van der Waals surface area contributed by atoms with E-state index in [-0.39, 0.29) is 0 Å². The van der Waals surface area contributed by atoms with E-state index >= 15 is 0 Å². The van der Waals surface area contributed by atoms with Crippen LogP contribution in [0.1, 0.15) is 23.7 Å². The molecule has 0 aromatic heterocycles. The van der Waals surface area contributed by atoms with Gasteiger partial charge in [0.1, 0.15) is 6.17 Å². The normalized spacial score (nSPS) is 26.9. The SMILES string of the molecule is c1ccc2c(c1)C[N]C2N1CCC1. The standard InChI is InChI=1S/C11H13N2/c1-2-5-10-9(4-1)8-12-11(10)13-6-3-7-13/h1-2,4-5,11H,3,6-8H2. The van der Waals surface area contributed by atoms with E-state index in [9.17, 15) is 0 Å². The molecular weight excluding hydrogens is 160 g/mol. The number of rotatable bonds is 1. The monoisotopic (exact) mass is 173 g/mol. The Morgan fingerprint density at radius 1 is 1.23 bits per heavy atom. The fourth-order valence-electron chi connectivity index (χ4n) is 2.11. The summed E-state index contributed by atoms with van der Waals surface area (Å²) >= 11 is 0. The van der Waals surface area contributed by atoms with E-state index in [2.05, 4.69) is 34.5 Å². The zero-order chi connectivity index (χ0) is 8.67. The van der Waals surface area contributed by atoms with E-state index < -0.39 is 0 Å². The summed E-state index contributed by atoms with van der Waals surface area (Å²) in [5.74, 6) is 0. The van der Waals surface area contributed by atoms with Crippen LogP contribution >= 0.6 is 0 Å². The minimum absolute atomic E-state index is 0.380. The second-order valence-electron chi connectivity index (χ2n) is 3.80. The van der Waals surface area contributed by atoms with Crippen LogP contribution in [0, 0.1) is 0 Å². The first kappa shape index (κ1) is 7.54. The summed E-state index contributed by atoms with van der Waals surface area (Å²) in [5, 5.41) is 4.65. The Morgan fingerprint density at radius 2 is 2.08 bits per heavy atom. The number of likely N-dealkylation sites (tertiary alicyclic amines) is 1. The van der Waals surface area contributed by atoms with Gasteiger partial charge in [0.15, 0.2) is 0 Å². The molecule has 13 heavy (non-hydrogen) atoms. The number of hydrogen-bond acceptors (Lipinski definition) is 1. The molecular formula is C11H13N2. The first-order chi connectivity index (χ1) is 6.45. The maximum atomic E-state index is 4.65. The van der Waals surface area contributed by atoms with Crippen molar-refractivity contribution < 1.29 is 0 Å². The summed E-state index contributed by atoms with van der Waals surface area (Å²) in [6.45, 7) is 3.36. The first-order valence-corrected chi connectivity index (χ1v) is 4.93. The van der Waals surface area contributed by atoms with Crippen molar-refractivity contribution in [2.45, 2.75) is 19.1 Å². The van der Waals surface area contributed by atoms with E-state index in [1.807, 2.05) is 0 Å². The van der Waals surface area contributed by atoms with Gasteiger partial charge in [-0.1, -0.05) is 24.3 Å². The van der Waals surface area contributed by atoms with Crippen molar-refractivity contribution in [3.63, 3.8) is 0 Å². The quantitative estimate of drug-likeness (QED) is 0.629.